The highest BCUT2D eigenvalue weighted by Gasteiger charge is 2.13. The number of fused-ring (bicyclic) bond motifs is 3. The number of rotatable bonds is 2. The van der Waals surface area contributed by atoms with Gasteiger partial charge in [0.1, 0.15) is 0 Å². The molecule has 22 heavy (non-hydrogen) atoms. The first-order valence-corrected chi connectivity index (χ1v) is 7.45. The van der Waals surface area contributed by atoms with E-state index in [0.717, 1.165) is 33.2 Å². The molecule has 0 fully saturated rings. The maximum Gasteiger partial charge on any atom is 0.0989 e. The second-order valence-corrected chi connectivity index (χ2v) is 6.21. The van der Waals surface area contributed by atoms with Crippen molar-refractivity contribution in [3.63, 3.8) is 0 Å². The van der Waals surface area contributed by atoms with E-state index in [2.05, 4.69) is 62.3 Å². The van der Waals surface area contributed by atoms with Crippen molar-refractivity contribution in [3.8, 4) is 0 Å². The smallest absolute Gasteiger partial charge is 0.0989 e. The van der Waals surface area contributed by atoms with E-state index < -0.39 is 0 Å². The van der Waals surface area contributed by atoms with Crippen LogP contribution < -0.4 is 9.80 Å². The van der Waals surface area contributed by atoms with Gasteiger partial charge in [0.15, 0.2) is 0 Å². The Hall–Kier alpha value is -2.36. The van der Waals surface area contributed by atoms with Crippen LogP contribution >= 0.6 is 0 Å². The van der Waals surface area contributed by atoms with Gasteiger partial charge in [0, 0.05) is 61.7 Å². The van der Waals surface area contributed by atoms with Crippen LogP contribution in [0.4, 0.5) is 11.4 Å². The number of pyridine rings is 2. The van der Waals surface area contributed by atoms with Crippen molar-refractivity contribution in [2.24, 2.45) is 0 Å². The zero-order valence-corrected chi connectivity index (χ0v) is 14.1. The molecule has 0 N–H and O–H groups in total. The van der Waals surface area contributed by atoms with Crippen molar-refractivity contribution in [1.29, 1.82) is 0 Å². The lowest BCUT2D eigenvalue weighted by molar-refractivity contribution is 1.12. The second kappa shape index (κ2) is 5.13. The van der Waals surface area contributed by atoms with Crippen molar-refractivity contribution in [2.45, 2.75) is 13.8 Å². The minimum atomic E-state index is 0.980. The zero-order chi connectivity index (χ0) is 16.0. The third-order valence-electron chi connectivity index (χ3n) is 3.93. The van der Waals surface area contributed by atoms with E-state index in [0.29, 0.717) is 0 Å². The maximum absolute atomic E-state index is 4.78. The first kappa shape index (κ1) is 14.6. The summed E-state index contributed by atoms with van der Waals surface area (Å²) in [7, 11) is 8.25. The molecular weight excluding hydrogens is 272 g/mol. The molecule has 0 bridgehead atoms. The van der Waals surface area contributed by atoms with Crippen LogP contribution in [0.25, 0.3) is 21.8 Å². The molecular formula is C18H22N4. The van der Waals surface area contributed by atoms with Crippen molar-refractivity contribution in [2.75, 3.05) is 38.0 Å². The summed E-state index contributed by atoms with van der Waals surface area (Å²) in [4.78, 5) is 13.8. The largest absolute Gasteiger partial charge is 0.377 e. The monoisotopic (exact) mass is 294 g/mol. The summed E-state index contributed by atoms with van der Waals surface area (Å²) in [6.45, 7) is 4.07. The van der Waals surface area contributed by atoms with Crippen LogP contribution in [-0.4, -0.2) is 38.2 Å². The molecule has 0 saturated heterocycles. The summed E-state index contributed by atoms with van der Waals surface area (Å²) in [5.41, 5.74) is 6.34. The third kappa shape index (κ3) is 2.25. The van der Waals surface area contributed by atoms with Gasteiger partial charge in [0.25, 0.3) is 0 Å². The van der Waals surface area contributed by atoms with Gasteiger partial charge in [-0.1, -0.05) is 0 Å². The van der Waals surface area contributed by atoms with E-state index >= 15 is 0 Å². The minimum absolute atomic E-state index is 0.980. The molecule has 0 radical (unpaired) electrons. The van der Waals surface area contributed by atoms with E-state index in [-0.39, 0.29) is 0 Å². The average Bonchev–Trinajstić information content (AvgIpc) is 2.45. The van der Waals surface area contributed by atoms with Crippen molar-refractivity contribution >= 4 is 33.2 Å². The summed E-state index contributed by atoms with van der Waals surface area (Å²) in [5, 5.41) is 2.29. The fraction of sp³-hybridized carbons (Fsp3) is 0.333. The molecule has 0 spiro atoms. The van der Waals surface area contributed by atoms with E-state index in [1.54, 1.807) is 0 Å². The highest BCUT2D eigenvalue weighted by atomic mass is 15.1. The van der Waals surface area contributed by atoms with Gasteiger partial charge < -0.3 is 9.80 Å². The summed E-state index contributed by atoms with van der Waals surface area (Å²) in [6, 6.07) is 8.56. The standard InChI is InChI=1S/C18H22N4/c1-11-9-15(21(3)4)13-7-8-14-16(22(5)6)10-12(2)20-18(14)17(13)19-11/h7-10H,1-6H3. The van der Waals surface area contributed by atoms with Gasteiger partial charge in [-0.15, -0.1) is 0 Å². The number of benzene rings is 1. The van der Waals surface area contributed by atoms with Gasteiger partial charge in [0.05, 0.1) is 11.0 Å². The van der Waals surface area contributed by atoms with Gasteiger partial charge in [-0.05, 0) is 38.1 Å². The Morgan fingerprint density at radius 2 is 1.05 bits per heavy atom. The van der Waals surface area contributed by atoms with Gasteiger partial charge in [-0.25, -0.2) is 0 Å². The molecule has 3 rings (SSSR count). The van der Waals surface area contributed by atoms with E-state index in [4.69, 9.17) is 9.97 Å². The summed E-state index contributed by atoms with van der Waals surface area (Å²) < 4.78 is 0. The van der Waals surface area contributed by atoms with Gasteiger partial charge in [0.2, 0.25) is 0 Å². The third-order valence-corrected chi connectivity index (χ3v) is 3.93. The molecule has 0 aliphatic carbocycles. The van der Waals surface area contributed by atoms with Gasteiger partial charge in [-0.3, -0.25) is 9.97 Å². The zero-order valence-electron chi connectivity index (χ0n) is 14.1. The molecule has 0 amide bonds. The first-order valence-electron chi connectivity index (χ1n) is 7.45. The fourth-order valence-corrected chi connectivity index (χ4v) is 2.93. The molecule has 0 atom stereocenters. The van der Waals surface area contributed by atoms with Crippen molar-refractivity contribution in [1.82, 2.24) is 9.97 Å². The number of anilines is 2. The van der Waals surface area contributed by atoms with Crippen LogP contribution in [0, 0.1) is 13.8 Å². The lowest BCUT2D eigenvalue weighted by Gasteiger charge is -2.19. The first-order chi connectivity index (χ1) is 10.4. The molecule has 4 nitrogen and oxygen atoms in total. The number of nitrogens with zero attached hydrogens (tertiary/aromatic N) is 4. The van der Waals surface area contributed by atoms with Crippen LogP contribution in [0.3, 0.4) is 0 Å². The topological polar surface area (TPSA) is 32.3 Å². The molecule has 0 aliphatic heterocycles. The molecule has 0 saturated carbocycles. The molecule has 114 valence electrons. The SMILES string of the molecule is Cc1cc(N(C)C)c2ccc3c(N(C)C)cc(C)nc3c2n1. The molecule has 2 aromatic heterocycles. The van der Waals surface area contributed by atoms with Crippen LogP contribution in [0.15, 0.2) is 24.3 Å². The van der Waals surface area contributed by atoms with Crippen LogP contribution in [0.2, 0.25) is 0 Å². The molecule has 4 heteroatoms. The van der Waals surface area contributed by atoms with E-state index in [9.17, 15) is 0 Å². The number of aromatic nitrogens is 2. The fourth-order valence-electron chi connectivity index (χ4n) is 2.93. The molecule has 3 aromatic rings. The Morgan fingerprint density at radius 1 is 0.682 bits per heavy atom. The predicted molar refractivity (Wildman–Crippen MR) is 95.2 cm³/mol. The summed E-state index contributed by atoms with van der Waals surface area (Å²) >= 11 is 0. The van der Waals surface area contributed by atoms with Crippen molar-refractivity contribution in [3.05, 3.63) is 35.7 Å². The van der Waals surface area contributed by atoms with E-state index in [1.807, 2.05) is 13.8 Å². The summed E-state index contributed by atoms with van der Waals surface area (Å²) in [6.07, 6.45) is 0. The predicted octanol–water partition coefficient (Wildman–Crippen LogP) is 3.53. The average molecular weight is 294 g/mol. The molecule has 0 unspecified atom stereocenters. The quantitative estimate of drug-likeness (QED) is 0.677. The van der Waals surface area contributed by atoms with Gasteiger partial charge in [-0.2, -0.15) is 0 Å². The highest BCUT2D eigenvalue weighted by molar-refractivity contribution is 6.10. The second-order valence-electron chi connectivity index (χ2n) is 6.21. The number of hydrogen-bond donors (Lipinski definition) is 0. The number of hydrogen-bond acceptors (Lipinski definition) is 4. The van der Waals surface area contributed by atoms with Crippen molar-refractivity contribution < 1.29 is 0 Å². The lowest BCUT2D eigenvalue weighted by Crippen LogP contribution is -2.11. The Bertz CT molecular complexity index is 793. The number of aryl methyl sites for hydroxylation is 2. The lowest BCUT2D eigenvalue weighted by atomic mass is 10.1. The van der Waals surface area contributed by atoms with Crippen LogP contribution in [-0.2, 0) is 0 Å². The van der Waals surface area contributed by atoms with Gasteiger partial charge >= 0.3 is 0 Å². The normalized spacial score (nSPS) is 11.2. The van der Waals surface area contributed by atoms with E-state index in [1.165, 1.54) is 11.4 Å². The Labute approximate surface area is 131 Å². The molecule has 2 heterocycles. The Kier molecular flexibility index (Phi) is 3.39. The summed E-state index contributed by atoms with van der Waals surface area (Å²) in [5.74, 6) is 0. The van der Waals surface area contributed by atoms with Crippen LogP contribution in [0.5, 0.6) is 0 Å². The molecule has 0 aliphatic rings. The Morgan fingerprint density at radius 3 is 1.36 bits per heavy atom. The minimum Gasteiger partial charge on any atom is -0.377 e. The Balaban J connectivity index is 2.51. The highest BCUT2D eigenvalue weighted by Crippen LogP contribution is 2.34. The molecule has 1 aromatic carbocycles. The maximum atomic E-state index is 4.78. The van der Waals surface area contributed by atoms with Crippen LogP contribution in [0.1, 0.15) is 11.4 Å².